The number of ether oxygens (including phenoxy) is 1. The second-order valence-corrected chi connectivity index (χ2v) is 6.22. The molecule has 0 spiro atoms. The van der Waals surface area contributed by atoms with Gasteiger partial charge in [-0.05, 0) is 61.9 Å². The van der Waals surface area contributed by atoms with Crippen LogP contribution in [0.15, 0.2) is 22.7 Å². The minimum atomic E-state index is 0.381. The molecule has 0 amide bonds. The van der Waals surface area contributed by atoms with E-state index < -0.39 is 0 Å². The summed E-state index contributed by atoms with van der Waals surface area (Å²) in [6.07, 6.45) is 6.24. The fraction of sp³-hybridized carbons (Fsp3) is 0.600. The zero-order valence-electron chi connectivity index (χ0n) is 11.0. The van der Waals surface area contributed by atoms with Crippen LogP contribution in [0, 0.1) is 5.92 Å². The summed E-state index contributed by atoms with van der Waals surface area (Å²) >= 11 is 3.50. The molecule has 100 valence electrons. The summed E-state index contributed by atoms with van der Waals surface area (Å²) in [4.78, 5) is 0. The van der Waals surface area contributed by atoms with Crippen LogP contribution >= 0.6 is 15.9 Å². The first-order chi connectivity index (χ1) is 8.69. The first kappa shape index (κ1) is 13.9. The second-order valence-electron chi connectivity index (χ2n) is 5.30. The molecule has 0 heterocycles. The molecule has 0 aliphatic heterocycles. The predicted octanol–water partition coefficient (Wildman–Crippen LogP) is 3.91. The molecule has 0 radical (unpaired) electrons. The standard InChI is InChI=1S/C15H22BrNO/c1-11-3-2-4-14(9-11)18-15-6-5-13(16)10-12(15)7-8-17/h5-6,10-11,14H,2-4,7-9,17H2,1H3. The third-order valence-corrected chi connectivity index (χ3v) is 4.11. The van der Waals surface area contributed by atoms with Crippen molar-refractivity contribution in [1.29, 1.82) is 0 Å². The number of hydrogen-bond donors (Lipinski definition) is 1. The van der Waals surface area contributed by atoms with Crippen molar-refractivity contribution in [2.24, 2.45) is 11.7 Å². The fourth-order valence-electron chi connectivity index (χ4n) is 2.68. The van der Waals surface area contributed by atoms with Crippen molar-refractivity contribution in [3.8, 4) is 5.75 Å². The highest BCUT2D eigenvalue weighted by atomic mass is 79.9. The Morgan fingerprint density at radius 2 is 2.22 bits per heavy atom. The van der Waals surface area contributed by atoms with Crippen molar-refractivity contribution >= 4 is 15.9 Å². The molecule has 3 heteroatoms. The summed E-state index contributed by atoms with van der Waals surface area (Å²) in [5.41, 5.74) is 6.88. The lowest BCUT2D eigenvalue weighted by molar-refractivity contribution is 0.128. The number of rotatable bonds is 4. The molecule has 2 nitrogen and oxygen atoms in total. The molecular formula is C15H22BrNO. The Morgan fingerprint density at radius 1 is 1.39 bits per heavy atom. The van der Waals surface area contributed by atoms with Crippen LogP contribution in [0.5, 0.6) is 5.75 Å². The lowest BCUT2D eigenvalue weighted by atomic mass is 9.88. The van der Waals surface area contributed by atoms with E-state index in [-0.39, 0.29) is 0 Å². The number of nitrogens with two attached hydrogens (primary N) is 1. The van der Waals surface area contributed by atoms with Gasteiger partial charge in [0.25, 0.3) is 0 Å². The Labute approximate surface area is 118 Å². The zero-order chi connectivity index (χ0) is 13.0. The first-order valence-corrected chi connectivity index (χ1v) is 7.63. The van der Waals surface area contributed by atoms with E-state index in [1.165, 1.54) is 31.2 Å². The van der Waals surface area contributed by atoms with Gasteiger partial charge in [-0.2, -0.15) is 0 Å². The highest BCUT2D eigenvalue weighted by Crippen LogP contribution is 2.30. The lowest BCUT2D eigenvalue weighted by Crippen LogP contribution is -2.24. The maximum absolute atomic E-state index is 6.19. The van der Waals surface area contributed by atoms with Gasteiger partial charge < -0.3 is 10.5 Å². The molecule has 1 saturated carbocycles. The molecule has 0 aromatic heterocycles. The van der Waals surface area contributed by atoms with Crippen molar-refractivity contribution in [2.75, 3.05) is 6.54 Å². The van der Waals surface area contributed by atoms with Gasteiger partial charge >= 0.3 is 0 Å². The average Bonchev–Trinajstić information content (AvgIpc) is 2.33. The van der Waals surface area contributed by atoms with Crippen LogP contribution < -0.4 is 10.5 Å². The highest BCUT2D eigenvalue weighted by Gasteiger charge is 2.21. The molecular weight excluding hydrogens is 290 g/mol. The summed E-state index contributed by atoms with van der Waals surface area (Å²) in [5.74, 6) is 1.81. The van der Waals surface area contributed by atoms with Gasteiger partial charge in [0.05, 0.1) is 6.10 Å². The Kier molecular flexibility index (Phi) is 5.07. The Hall–Kier alpha value is -0.540. The van der Waals surface area contributed by atoms with Crippen molar-refractivity contribution in [2.45, 2.75) is 45.1 Å². The molecule has 2 atom stereocenters. The summed E-state index contributed by atoms with van der Waals surface area (Å²) in [6, 6.07) is 6.23. The largest absolute Gasteiger partial charge is 0.490 e. The van der Waals surface area contributed by atoms with Crippen molar-refractivity contribution in [3.63, 3.8) is 0 Å². The van der Waals surface area contributed by atoms with E-state index in [9.17, 15) is 0 Å². The predicted molar refractivity (Wildman–Crippen MR) is 78.9 cm³/mol. The SMILES string of the molecule is CC1CCCC(Oc2ccc(Br)cc2CCN)C1. The topological polar surface area (TPSA) is 35.2 Å². The normalized spacial score (nSPS) is 23.9. The molecule has 1 aliphatic rings. The van der Waals surface area contributed by atoms with E-state index in [0.717, 1.165) is 22.6 Å². The van der Waals surface area contributed by atoms with Gasteiger partial charge in [0, 0.05) is 4.47 Å². The molecule has 0 bridgehead atoms. The van der Waals surface area contributed by atoms with Crippen LogP contribution in [0.2, 0.25) is 0 Å². The Morgan fingerprint density at radius 3 is 2.94 bits per heavy atom. The minimum Gasteiger partial charge on any atom is -0.490 e. The van der Waals surface area contributed by atoms with Crippen molar-refractivity contribution < 1.29 is 4.74 Å². The van der Waals surface area contributed by atoms with E-state index in [0.29, 0.717) is 12.6 Å². The number of benzene rings is 1. The highest BCUT2D eigenvalue weighted by molar-refractivity contribution is 9.10. The van der Waals surface area contributed by atoms with Crippen LogP contribution in [0.3, 0.4) is 0 Å². The Balaban J connectivity index is 2.07. The van der Waals surface area contributed by atoms with E-state index in [1.807, 2.05) is 6.07 Å². The average molecular weight is 312 g/mol. The van der Waals surface area contributed by atoms with Crippen LogP contribution in [0.1, 0.15) is 38.2 Å². The molecule has 18 heavy (non-hydrogen) atoms. The van der Waals surface area contributed by atoms with Gasteiger partial charge in [-0.25, -0.2) is 0 Å². The summed E-state index contributed by atoms with van der Waals surface area (Å²) < 4.78 is 7.28. The maximum Gasteiger partial charge on any atom is 0.123 e. The van der Waals surface area contributed by atoms with Crippen LogP contribution in [-0.2, 0) is 6.42 Å². The molecule has 0 saturated heterocycles. The molecule has 1 fully saturated rings. The van der Waals surface area contributed by atoms with Gasteiger partial charge in [0.1, 0.15) is 5.75 Å². The van der Waals surface area contributed by atoms with Crippen molar-refractivity contribution in [1.82, 2.24) is 0 Å². The van der Waals surface area contributed by atoms with Crippen LogP contribution in [0.25, 0.3) is 0 Å². The summed E-state index contributed by atoms with van der Waals surface area (Å²) in [5, 5.41) is 0. The smallest absolute Gasteiger partial charge is 0.123 e. The van der Waals surface area contributed by atoms with E-state index >= 15 is 0 Å². The number of halogens is 1. The minimum absolute atomic E-state index is 0.381. The third-order valence-electron chi connectivity index (χ3n) is 3.62. The van der Waals surface area contributed by atoms with Crippen LogP contribution in [0.4, 0.5) is 0 Å². The fourth-order valence-corrected chi connectivity index (χ4v) is 3.09. The number of hydrogen-bond acceptors (Lipinski definition) is 2. The van der Waals surface area contributed by atoms with Gasteiger partial charge in [-0.15, -0.1) is 0 Å². The molecule has 2 unspecified atom stereocenters. The molecule has 2 N–H and O–H groups in total. The van der Waals surface area contributed by atoms with Gasteiger partial charge in [-0.1, -0.05) is 29.3 Å². The van der Waals surface area contributed by atoms with E-state index in [2.05, 4.69) is 35.0 Å². The van der Waals surface area contributed by atoms with Gasteiger partial charge in [0.2, 0.25) is 0 Å². The summed E-state index contributed by atoms with van der Waals surface area (Å²) in [6.45, 7) is 2.98. The zero-order valence-corrected chi connectivity index (χ0v) is 12.6. The second kappa shape index (κ2) is 6.58. The van der Waals surface area contributed by atoms with Gasteiger partial charge in [0.15, 0.2) is 0 Å². The van der Waals surface area contributed by atoms with E-state index in [4.69, 9.17) is 10.5 Å². The van der Waals surface area contributed by atoms with Crippen molar-refractivity contribution in [3.05, 3.63) is 28.2 Å². The first-order valence-electron chi connectivity index (χ1n) is 6.84. The molecule has 2 rings (SSSR count). The quantitative estimate of drug-likeness (QED) is 0.915. The Bertz CT molecular complexity index is 394. The molecule has 1 aromatic rings. The maximum atomic E-state index is 6.19. The summed E-state index contributed by atoms with van der Waals surface area (Å²) in [7, 11) is 0. The van der Waals surface area contributed by atoms with E-state index in [1.54, 1.807) is 0 Å². The lowest BCUT2D eigenvalue weighted by Gasteiger charge is -2.28. The monoisotopic (exact) mass is 311 g/mol. The van der Waals surface area contributed by atoms with Crippen LogP contribution in [-0.4, -0.2) is 12.6 Å². The molecule has 1 aliphatic carbocycles. The molecule has 1 aromatic carbocycles. The third kappa shape index (κ3) is 3.72. The van der Waals surface area contributed by atoms with Gasteiger partial charge in [-0.3, -0.25) is 0 Å².